The van der Waals surface area contributed by atoms with Gasteiger partial charge in [-0.25, -0.2) is 8.78 Å². The number of carbonyl (C=O) groups excluding carboxylic acids is 4. The Kier molecular flexibility index (Phi) is 13.2. The van der Waals surface area contributed by atoms with Gasteiger partial charge in [0.25, 0.3) is 0 Å². The number of Topliss-reactive ketones (excluding diaryl/α,β-unsaturated/α-hetero) is 2. The van der Waals surface area contributed by atoms with Gasteiger partial charge in [-0.2, -0.15) is 0 Å². The molecule has 8 fully saturated rings. The minimum Gasteiger partial charge on any atom is -0.469 e. The molecule has 0 heterocycles. The maximum atomic E-state index is 14.8. The van der Waals surface area contributed by atoms with Crippen molar-refractivity contribution in [1.29, 1.82) is 0 Å². The minimum absolute atomic E-state index is 0.0135. The molecule has 0 bridgehead atoms. The van der Waals surface area contributed by atoms with Crippen molar-refractivity contribution in [1.82, 2.24) is 0 Å². The van der Waals surface area contributed by atoms with Crippen LogP contribution in [0.2, 0.25) is 0 Å². The van der Waals surface area contributed by atoms with Gasteiger partial charge in [0.05, 0.1) is 20.3 Å². The van der Waals surface area contributed by atoms with Crippen molar-refractivity contribution >= 4 is 23.5 Å². The number of hydrogen-bond acceptors (Lipinski definition) is 7. The lowest BCUT2D eigenvalue weighted by molar-refractivity contribution is -0.167. The number of rotatable bonds is 8. The van der Waals surface area contributed by atoms with Gasteiger partial charge < -0.3 is 14.6 Å². The molecule has 9 heteroatoms. The molecule has 0 spiro atoms. The summed E-state index contributed by atoms with van der Waals surface area (Å²) in [6, 6.07) is 0. The zero-order valence-corrected chi connectivity index (χ0v) is 38.6. The first kappa shape index (κ1) is 46.1. The highest BCUT2D eigenvalue weighted by Crippen LogP contribution is 2.70. The average molecular weight is 843 g/mol. The largest absolute Gasteiger partial charge is 0.469 e. The maximum absolute atomic E-state index is 14.8. The van der Waals surface area contributed by atoms with Gasteiger partial charge in [0.1, 0.15) is 23.9 Å². The number of aliphatic hydroxyl groups excluding tert-OH is 1. The molecular formula is C51H80F2O7. The number of carbonyl (C=O) groups is 4. The first-order valence-corrected chi connectivity index (χ1v) is 24.4. The summed E-state index contributed by atoms with van der Waals surface area (Å²) < 4.78 is 39.1. The first-order valence-electron chi connectivity index (χ1n) is 24.4. The third-order valence-corrected chi connectivity index (χ3v) is 20.8. The topological polar surface area (TPSA) is 107 Å². The van der Waals surface area contributed by atoms with Crippen molar-refractivity contribution in [2.24, 2.45) is 98.6 Å². The molecule has 340 valence electrons. The van der Waals surface area contributed by atoms with Crippen LogP contribution >= 0.6 is 0 Å². The molecule has 8 aliphatic rings. The second kappa shape index (κ2) is 17.2. The number of hydrogen-bond donors (Lipinski definition) is 1. The Hall–Kier alpha value is -1.90. The highest BCUT2D eigenvalue weighted by atomic mass is 19.1. The van der Waals surface area contributed by atoms with Crippen LogP contribution < -0.4 is 0 Å². The SMILES string of the molecule is COC(=O)CC[C@@H](C)[C@H]1CCC2C3C(=O)C[C@@H]4C[C@H](C)[C@H](F)C[C@]4(C)C3CC[C@@]21C.COC(=O)CC[C@@H](C)[C@H]1CCC2C3C(=O)C[C@@H]4C[C@H](O)[C@H](F)C[C@]4(C)C3CC[C@@]21C. The molecule has 8 rings (SSSR count). The molecule has 0 aromatic heterocycles. The lowest BCUT2D eigenvalue weighted by Crippen LogP contribution is -2.59. The molecule has 0 radical (unpaired) electrons. The Labute approximate surface area is 360 Å². The van der Waals surface area contributed by atoms with Gasteiger partial charge in [-0.3, -0.25) is 19.2 Å². The molecule has 8 aliphatic carbocycles. The molecule has 0 amide bonds. The normalized spacial score (nSPS) is 49.0. The van der Waals surface area contributed by atoms with Gasteiger partial charge in [-0.15, -0.1) is 0 Å². The number of ether oxygens (including phenoxy) is 2. The Morgan fingerprint density at radius 1 is 0.650 bits per heavy atom. The number of aliphatic hydroxyl groups is 1. The van der Waals surface area contributed by atoms with Crippen LogP contribution in [0.1, 0.15) is 164 Å². The summed E-state index contributed by atoms with van der Waals surface area (Å²) in [6.45, 7) is 15.9. The van der Waals surface area contributed by atoms with E-state index in [1.165, 1.54) is 14.2 Å². The number of ketones is 2. The highest BCUT2D eigenvalue weighted by Gasteiger charge is 2.65. The Balaban J connectivity index is 0.000000181. The molecule has 60 heavy (non-hydrogen) atoms. The third-order valence-electron chi connectivity index (χ3n) is 20.8. The lowest BCUT2D eigenvalue weighted by Gasteiger charge is -2.60. The summed E-state index contributed by atoms with van der Waals surface area (Å²) in [6.07, 6.45) is 12.1. The fourth-order valence-corrected chi connectivity index (χ4v) is 17.3. The molecule has 6 unspecified atom stereocenters. The van der Waals surface area contributed by atoms with E-state index in [9.17, 15) is 33.1 Å². The van der Waals surface area contributed by atoms with E-state index in [0.29, 0.717) is 104 Å². The fourth-order valence-electron chi connectivity index (χ4n) is 17.3. The van der Waals surface area contributed by atoms with E-state index in [0.717, 1.165) is 70.6 Å². The Morgan fingerprint density at radius 3 is 1.48 bits per heavy atom. The quantitative estimate of drug-likeness (QED) is 0.243. The van der Waals surface area contributed by atoms with Crippen molar-refractivity contribution in [3.8, 4) is 0 Å². The van der Waals surface area contributed by atoms with Crippen LogP contribution in [0.25, 0.3) is 0 Å². The van der Waals surface area contributed by atoms with Crippen LogP contribution in [0.4, 0.5) is 8.78 Å². The predicted octanol–water partition coefficient (Wildman–Crippen LogP) is 10.7. The van der Waals surface area contributed by atoms with E-state index in [1.807, 2.05) is 6.92 Å². The number of esters is 2. The Bertz CT molecular complexity index is 1500. The monoisotopic (exact) mass is 843 g/mol. The van der Waals surface area contributed by atoms with Crippen LogP contribution in [-0.2, 0) is 28.7 Å². The van der Waals surface area contributed by atoms with Crippen LogP contribution in [0, 0.1) is 98.6 Å². The number of fused-ring (bicyclic) bond motifs is 10. The summed E-state index contributed by atoms with van der Waals surface area (Å²) in [7, 11) is 2.90. The summed E-state index contributed by atoms with van der Waals surface area (Å²) in [5, 5.41) is 10.1. The number of methoxy groups -OCH3 is 2. The molecule has 0 aromatic carbocycles. The average Bonchev–Trinajstić information content (AvgIpc) is 3.75. The van der Waals surface area contributed by atoms with E-state index >= 15 is 0 Å². The van der Waals surface area contributed by atoms with E-state index in [2.05, 4.69) is 41.5 Å². The molecule has 1 N–H and O–H groups in total. The zero-order chi connectivity index (χ0) is 43.7. The van der Waals surface area contributed by atoms with Crippen molar-refractivity contribution in [2.75, 3.05) is 14.2 Å². The van der Waals surface area contributed by atoms with E-state index < -0.39 is 18.4 Å². The van der Waals surface area contributed by atoms with Crippen molar-refractivity contribution in [2.45, 2.75) is 182 Å². The molecule has 0 saturated heterocycles. The van der Waals surface area contributed by atoms with Crippen molar-refractivity contribution < 1.29 is 42.5 Å². The molecule has 7 nitrogen and oxygen atoms in total. The van der Waals surface area contributed by atoms with Crippen molar-refractivity contribution in [3.05, 3.63) is 0 Å². The van der Waals surface area contributed by atoms with Gasteiger partial charge in [0.2, 0.25) is 0 Å². The maximum Gasteiger partial charge on any atom is 0.305 e. The zero-order valence-electron chi connectivity index (χ0n) is 38.6. The third kappa shape index (κ3) is 7.77. The van der Waals surface area contributed by atoms with Crippen LogP contribution in [0.3, 0.4) is 0 Å². The van der Waals surface area contributed by atoms with E-state index in [4.69, 9.17) is 9.47 Å². The molecular weight excluding hydrogens is 763 g/mol. The Morgan fingerprint density at radius 2 is 1.05 bits per heavy atom. The molecule has 0 aliphatic heterocycles. The van der Waals surface area contributed by atoms with E-state index in [1.54, 1.807) is 0 Å². The predicted molar refractivity (Wildman–Crippen MR) is 228 cm³/mol. The molecule has 8 saturated carbocycles. The second-order valence-corrected chi connectivity index (χ2v) is 23.3. The van der Waals surface area contributed by atoms with E-state index in [-0.39, 0.29) is 63.2 Å². The summed E-state index contributed by atoms with van der Waals surface area (Å²) in [4.78, 5) is 50.1. The fraction of sp³-hybridized carbons (Fsp3) is 0.922. The first-order chi connectivity index (χ1) is 28.2. The van der Waals surface area contributed by atoms with Gasteiger partial charge in [-0.1, -0.05) is 48.5 Å². The number of halogens is 2. The second-order valence-electron chi connectivity index (χ2n) is 23.3. The lowest BCUT2D eigenvalue weighted by atomic mass is 9.43. The van der Waals surface area contributed by atoms with Crippen LogP contribution in [0.5, 0.6) is 0 Å². The summed E-state index contributed by atoms with van der Waals surface area (Å²) >= 11 is 0. The standard InChI is InChI=1S/C26H41FO3.C25H39FO4/c1-15(6-9-23(29)30-5)18-7-8-19-24-20(10-11-25(18,19)3)26(4)14-21(27)16(2)12-17(26)13-22(24)28;1-14(5-8-22(29)30-4)16-6-7-17-23-18(9-10-24(16,17)2)25(3)13-19(26)20(27)11-15(25)12-21(23)28/h15-21,24H,6-14H2,1-5H3;14-20,23,27H,5-13H2,1-4H3/t15-,16+,17+,18-,19?,20?,21-,24?,25-,26+;14-,15+,16-,17?,18?,19-,20+,23?,24-,25+/m11/s1. The van der Waals surface area contributed by atoms with Crippen molar-refractivity contribution in [3.63, 3.8) is 0 Å². The van der Waals surface area contributed by atoms with Gasteiger partial charge in [-0.05, 0) is 177 Å². The van der Waals surface area contributed by atoms with Gasteiger partial charge in [0, 0.05) is 37.5 Å². The number of alkyl halides is 2. The molecule has 20 atom stereocenters. The smallest absolute Gasteiger partial charge is 0.305 e. The van der Waals surface area contributed by atoms with Gasteiger partial charge in [0.15, 0.2) is 0 Å². The highest BCUT2D eigenvalue weighted by molar-refractivity contribution is 5.84. The minimum atomic E-state index is -1.16. The molecule has 0 aromatic rings. The van der Waals surface area contributed by atoms with Gasteiger partial charge >= 0.3 is 11.9 Å². The summed E-state index contributed by atoms with van der Waals surface area (Å²) in [5.41, 5.74) is 0.110. The van der Waals surface area contributed by atoms with Crippen LogP contribution in [-0.4, -0.2) is 61.3 Å². The van der Waals surface area contributed by atoms with Crippen LogP contribution in [0.15, 0.2) is 0 Å². The summed E-state index contributed by atoms with van der Waals surface area (Å²) in [5.74, 6) is 4.71.